The van der Waals surface area contributed by atoms with E-state index in [1.165, 1.54) is 96.6 Å². The van der Waals surface area contributed by atoms with Crippen LogP contribution in [0.3, 0.4) is 0 Å². The fraction of sp³-hybridized carbons (Fsp3) is 1.00. The first-order valence-corrected chi connectivity index (χ1v) is 10.3. The van der Waals surface area contributed by atoms with Gasteiger partial charge in [0.25, 0.3) is 0 Å². The average Bonchev–Trinajstić information content (AvgIpc) is 2.84. The molecule has 22 heavy (non-hydrogen) atoms. The van der Waals surface area contributed by atoms with Gasteiger partial charge >= 0.3 is 0 Å². The molecule has 0 spiro atoms. The van der Waals surface area contributed by atoms with Crippen LogP contribution in [-0.4, -0.2) is 24.0 Å². The van der Waals surface area contributed by atoms with E-state index in [9.17, 15) is 0 Å². The highest BCUT2D eigenvalue weighted by atomic mass is 15.2. The Bertz CT molecular complexity index is 245. The second-order valence-corrected chi connectivity index (χ2v) is 8.44. The second-order valence-electron chi connectivity index (χ2n) is 8.44. The molecule has 0 unspecified atom stereocenters. The predicted octanol–water partition coefficient (Wildman–Crippen LogP) is 6.81. The fourth-order valence-electron chi connectivity index (χ4n) is 3.94. The zero-order valence-electron chi connectivity index (χ0n) is 16.1. The standard InChI is InChI=1S/C21H43N/c1-5-7-9-11-13-15-20(16-14-12-10-8-6-2)22-18-17-21(3,4)19-22/h20H,5-19H2,1-4H3. The number of rotatable bonds is 13. The lowest BCUT2D eigenvalue weighted by molar-refractivity contribution is 0.189. The minimum absolute atomic E-state index is 0.558. The van der Waals surface area contributed by atoms with Gasteiger partial charge in [0.2, 0.25) is 0 Å². The lowest BCUT2D eigenvalue weighted by atomic mass is 9.93. The van der Waals surface area contributed by atoms with Crippen molar-refractivity contribution in [1.29, 1.82) is 0 Å². The van der Waals surface area contributed by atoms with Crippen molar-refractivity contribution in [2.45, 2.75) is 117 Å². The molecule has 0 atom stereocenters. The Morgan fingerprint density at radius 1 is 0.773 bits per heavy atom. The average molecular weight is 310 g/mol. The highest BCUT2D eigenvalue weighted by Gasteiger charge is 2.32. The van der Waals surface area contributed by atoms with E-state index >= 15 is 0 Å². The Labute approximate surface area is 141 Å². The maximum absolute atomic E-state index is 2.83. The quantitative estimate of drug-likeness (QED) is 0.338. The molecule has 0 bridgehead atoms. The predicted molar refractivity (Wildman–Crippen MR) is 101 cm³/mol. The van der Waals surface area contributed by atoms with Crippen LogP contribution in [0.1, 0.15) is 111 Å². The molecule has 1 nitrogen and oxygen atoms in total. The summed E-state index contributed by atoms with van der Waals surface area (Å²) in [4.78, 5) is 2.83. The minimum Gasteiger partial charge on any atom is -0.300 e. The molecule has 0 aliphatic carbocycles. The van der Waals surface area contributed by atoms with Crippen LogP contribution in [-0.2, 0) is 0 Å². The van der Waals surface area contributed by atoms with Crippen molar-refractivity contribution >= 4 is 0 Å². The summed E-state index contributed by atoms with van der Waals surface area (Å²) in [5.74, 6) is 0. The molecule has 0 amide bonds. The lowest BCUT2D eigenvalue weighted by Crippen LogP contribution is -2.34. The largest absolute Gasteiger partial charge is 0.300 e. The topological polar surface area (TPSA) is 3.24 Å². The molecule has 0 aromatic rings. The summed E-state index contributed by atoms with van der Waals surface area (Å²) in [6.07, 6.45) is 18.6. The highest BCUT2D eigenvalue weighted by molar-refractivity contribution is 4.86. The molecule has 1 saturated heterocycles. The van der Waals surface area contributed by atoms with E-state index in [4.69, 9.17) is 0 Å². The third-order valence-corrected chi connectivity index (χ3v) is 5.51. The number of hydrogen-bond acceptors (Lipinski definition) is 1. The third-order valence-electron chi connectivity index (χ3n) is 5.51. The molecule has 0 aromatic carbocycles. The van der Waals surface area contributed by atoms with E-state index < -0.39 is 0 Å². The van der Waals surface area contributed by atoms with Gasteiger partial charge in [-0.25, -0.2) is 0 Å². The second kappa shape index (κ2) is 11.5. The Kier molecular flexibility index (Phi) is 10.4. The summed E-state index contributed by atoms with van der Waals surface area (Å²) in [5.41, 5.74) is 0.558. The van der Waals surface area contributed by atoms with E-state index in [0.717, 1.165) is 6.04 Å². The smallest absolute Gasteiger partial charge is 0.00954 e. The molecule has 1 aliphatic rings. The number of hydrogen-bond donors (Lipinski definition) is 0. The van der Waals surface area contributed by atoms with Crippen LogP contribution in [0.2, 0.25) is 0 Å². The monoisotopic (exact) mass is 309 g/mol. The van der Waals surface area contributed by atoms with Gasteiger partial charge in [0.05, 0.1) is 0 Å². The van der Waals surface area contributed by atoms with Crippen molar-refractivity contribution in [3.05, 3.63) is 0 Å². The van der Waals surface area contributed by atoms with Crippen LogP contribution in [0.25, 0.3) is 0 Å². The molecule has 1 heterocycles. The molecule has 0 radical (unpaired) electrons. The Morgan fingerprint density at radius 3 is 1.68 bits per heavy atom. The van der Waals surface area contributed by atoms with E-state index in [-0.39, 0.29) is 0 Å². The van der Waals surface area contributed by atoms with Gasteiger partial charge in [0, 0.05) is 12.6 Å². The lowest BCUT2D eigenvalue weighted by Gasteiger charge is -2.29. The van der Waals surface area contributed by atoms with E-state index in [1.807, 2.05) is 0 Å². The highest BCUT2D eigenvalue weighted by Crippen LogP contribution is 2.32. The summed E-state index contributed by atoms with van der Waals surface area (Å²) < 4.78 is 0. The van der Waals surface area contributed by atoms with Gasteiger partial charge in [-0.1, -0.05) is 91.9 Å². The van der Waals surface area contributed by atoms with Crippen molar-refractivity contribution in [1.82, 2.24) is 4.90 Å². The van der Waals surface area contributed by atoms with Crippen molar-refractivity contribution in [2.24, 2.45) is 5.41 Å². The first kappa shape index (κ1) is 20.0. The van der Waals surface area contributed by atoms with Crippen LogP contribution >= 0.6 is 0 Å². The normalized spacial score (nSPS) is 18.4. The first-order chi connectivity index (χ1) is 10.6. The maximum atomic E-state index is 2.83. The van der Waals surface area contributed by atoms with Gasteiger partial charge in [-0.15, -0.1) is 0 Å². The SMILES string of the molecule is CCCCCCCC(CCCCCCC)N1CCC(C)(C)C1. The molecule has 0 aromatic heterocycles. The van der Waals surface area contributed by atoms with Gasteiger partial charge in [0.1, 0.15) is 0 Å². The van der Waals surface area contributed by atoms with Gasteiger partial charge < -0.3 is 0 Å². The first-order valence-electron chi connectivity index (χ1n) is 10.3. The summed E-state index contributed by atoms with van der Waals surface area (Å²) >= 11 is 0. The van der Waals surface area contributed by atoms with E-state index in [0.29, 0.717) is 5.41 Å². The molecule has 0 N–H and O–H groups in total. The summed E-state index contributed by atoms with van der Waals surface area (Å²) in [6.45, 7) is 12.2. The molecule has 1 heteroatoms. The van der Waals surface area contributed by atoms with Crippen molar-refractivity contribution < 1.29 is 0 Å². The Balaban J connectivity index is 2.29. The summed E-state index contributed by atoms with van der Waals surface area (Å²) in [5, 5.41) is 0. The van der Waals surface area contributed by atoms with Crippen LogP contribution in [0.4, 0.5) is 0 Å². The van der Waals surface area contributed by atoms with Crippen molar-refractivity contribution in [3.63, 3.8) is 0 Å². The van der Waals surface area contributed by atoms with Crippen LogP contribution < -0.4 is 0 Å². The molecule has 1 aliphatic heterocycles. The van der Waals surface area contributed by atoms with Gasteiger partial charge in [0.15, 0.2) is 0 Å². The Hall–Kier alpha value is -0.0400. The number of nitrogens with zero attached hydrogens (tertiary/aromatic N) is 1. The molecular weight excluding hydrogens is 266 g/mol. The molecule has 1 fully saturated rings. The van der Waals surface area contributed by atoms with E-state index in [1.54, 1.807) is 0 Å². The Morgan fingerprint density at radius 2 is 1.27 bits per heavy atom. The third kappa shape index (κ3) is 8.56. The van der Waals surface area contributed by atoms with Gasteiger partial charge in [-0.3, -0.25) is 4.90 Å². The van der Waals surface area contributed by atoms with E-state index in [2.05, 4.69) is 32.6 Å². The maximum Gasteiger partial charge on any atom is 0.00954 e. The van der Waals surface area contributed by atoms with Crippen LogP contribution in [0.5, 0.6) is 0 Å². The van der Waals surface area contributed by atoms with Crippen LogP contribution in [0, 0.1) is 5.41 Å². The fourth-order valence-corrected chi connectivity index (χ4v) is 3.94. The molecule has 1 rings (SSSR count). The zero-order valence-corrected chi connectivity index (χ0v) is 16.1. The van der Waals surface area contributed by atoms with Gasteiger partial charge in [-0.05, 0) is 31.2 Å². The van der Waals surface area contributed by atoms with Crippen LogP contribution in [0.15, 0.2) is 0 Å². The zero-order chi connectivity index (χ0) is 16.3. The van der Waals surface area contributed by atoms with Crippen molar-refractivity contribution in [2.75, 3.05) is 13.1 Å². The molecular formula is C21H43N. The summed E-state index contributed by atoms with van der Waals surface area (Å²) in [6, 6.07) is 0.880. The van der Waals surface area contributed by atoms with Crippen molar-refractivity contribution in [3.8, 4) is 0 Å². The number of unbranched alkanes of at least 4 members (excludes halogenated alkanes) is 8. The number of likely N-dealkylation sites (tertiary alicyclic amines) is 1. The van der Waals surface area contributed by atoms with Gasteiger partial charge in [-0.2, -0.15) is 0 Å². The molecule has 0 saturated carbocycles. The molecule has 132 valence electrons. The minimum atomic E-state index is 0.558. The summed E-state index contributed by atoms with van der Waals surface area (Å²) in [7, 11) is 0.